The first-order valence-corrected chi connectivity index (χ1v) is 8.85. The molecule has 1 N–H and O–H groups in total. The van der Waals surface area contributed by atoms with Crippen LogP contribution in [0.1, 0.15) is 30.8 Å². The van der Waals surface area contributed by atoms with Crippen LogP contribution in [0.25, 0.3) is 21.3 Å². The maximum absolute atomic E-state index is 13.2. The van der Waals surface area contributed by atoms with Crippen molar-refractivity contribution >= 4 is 27.5 Å². The predicted octanol–water partition coefficient (Wildman–Crippen LogP) is 3.87. The summed E-state index contributed by atoms with van der Waals surface area (Å²) in [5.41, 5.74) is 2.32. The summed E-state index contributed by atoms with van der Waals surface area (Å²) in [6.45, 7) is 8.73. The molecule has 6 heteroatoms. The van der Waals surface area contributed by atoms with Crippen LogP contribution in [0.3, 0.4) is 0 Å². The average molecular weight is 356 g/mol. The number of fused-ring (bicyclic) bond motifs is 1. The van der Waals surface area contributed by atoms with Gasteiger partial charge in [-0.2, -0.15) is 0 Å². The fraction of sp³-hybridized carbons (Fsp3) is 0.316. The van der Waals surface area contributed by atoms with Gasteiger partial charge >= 0.3 is 5.97 Å². The Hall–Kier alpha value is -2.47. The molecule has 2 heterocycles. The number of thiophene rings is 1. The fourth-order valence-electron chi connectivity index (χ4n) is 3.16. The van der Waals surface area contributed by atoms with Gasteiger partial charge < -0.3 is 5.11 Å². The second-order valence-electron chi connectivity index (χ2n) is 6.81. The number of carboxylic acids is 1. The lowest BCUT2D eigenvalue weighted by molar-refractivity contribution is -0.145. The van der Waals surface area contributed by atoms with E-state index in [4.69, 9.17) is 0 Å². The maximum Gasteiger partial charge on any atom is 0.329 e. The van der Waals surface area contributed by atoms with Crippen molar-refractivity contribution in [2.24, 2.45) is 0 Å². The Balaban J connectivity index is 2.39. The molecule has 0 saturated carbocycles. The molecule has 0 amide bonds. The number of hydrogen-bond acceptors (Lipinski definition) is 4. The third kappa shape index (κ3) is 2.66. The minimum atomic E-state index is -1.37. The highest BCUT2D eigenvalue weighted by Gasteiger charge is 2.33. The van der Waals surface area contributed by atoms with Gasteiger partial charge in [0.2, 0.25) is 0 Å². The number of nitrogens with zero attached hydrogens (tertiary/aromatic N) is 2. The Morgan fingerprint density at radius 2 is 1.88 bits per heavy atom. The smallest absolute Gasteiger partial charge is 0.329 e. The van der Waals surface area contributed by atoms with Crippen molar-refractivity contribution in [3.8, 4) is 11.1 Å². The Morgan fingerprint density at radius 3 is 2.48 bits per heavy atom. The molecule has 0 aliphatic carbocycles. The minimum Gasteiger partial charge on any atom is -0.480 e. The molecule has 0 radical (unpaired) electrons. The Labute approximate surface area is 149 Å². The number of hydrogen-bond donors (Lipinski definition) is 1. The van der Waals surface area contributed by atoms with E-state index in [2.05, 4.69) is 11.1 Å². The molecule has 1 aromatic carbocycles. The molecule has 0 aliphatic rings. The summed E-state index contributed by atoms with van der Waals surface area (Å²) in [5.74, 6) is -0.666. The molecule has 0 spiro atoms. The molecule has 3 rings (SSSR count). The summed E-state index contributed by atoms with van der Waals surface area (Å²) in [7, 11) is 0. The van der Waals surface area contributed by atoms with Crippen LogP contribution in [0, 0.1) is 20.8 Å². The van der Waals surface area contributed by atoms with Crippen molar-refractivity contribution in [3.05, 3.63) is 50.9 Å². The normalized spacial score (nSPS) is 11.9. The molecular formula is C19H20N2O3S. The zero-order valence-corrected chi connectivity index (χ0v) is 15.7. The molecule has 0 bridgehead atoms. The third-order valence-corrected chi connectivity index (χ3v) is 5.40. The molecule has 25 heavy (non-hydrogen) atoms. The van der Waals surface area contributed by atoms with Crippen LogP contribution in [0.4, 0.5) is 0 Å². The van der Waals surface area contributed by atoms with Gasteiger partial charge in [-0.3, -0.25) is 9.36 Å². The van der Waals surface area contributed by atoms with Crippen LogP contribution in [0.5, 0.6) is 0 Å². The van der Waals surface area contributed by atoms with Crippen LogP contribution in [0.15, 0.2) is 28.4 Å². The van der Waals surface area contributed by atoms with E-state index in [1.807, 2.05) is 31.4 Å². The number of aromatic nitrogens is 2. The molecule has 0 fully saturated rings. The van der Waals surface area contributed by atoms with Gasteiger partial charge in [0.1, 0.15) is 16.2 Å². The second kappa shape index (κ2) is 5.81. The van der Waals surface area contributed by atoms with Gasteiger partial charge in [-0.25, -0.2) is 9.78 Å². The first kappa shape index (κ1) is 17.4. The van der Waals surface area contributed by atoms with E-state index in [0.717, 1.165) is 22.3 Å². The van der Waals surface area contributed by atoms with Crippen molar-refractivity contribution in [3.63, 3.8) is 0 Å². The predicted molar refractivity (Wildman–Crippen MR) is 100 cm³/mol. The van der Waals surface area contributed by atoms with E-state index in [1.165, 1.54) is 29.8 Å². The van der Waals surface area contributed by atoms with Crippen LogP contribution < -0.4 is 5.56 Å². The SMILES string of the molecule is Cc1ccc(-c2csc3nc(C)n(C(C)(C)C(=O)O)c(=O)c23)c(C)c1. The minimum absolute atomic E-state index is 0.314. The summed E-state index contributed by atoms with van der Waals surface area (Å²) in [4.78, 5) is 30.0. The van der Waals surface area contributed by atoms with Gasteiger partial charge in [0.25, 0.3) is 5.56 Å². The van der Waals surface area contributed by atoms with Crippen LogP contribution in [0.2, 0.25) is 0 Å². The Kier molecular flexibility index (Phi) is 4.03. The number of rotatable bonds is 3. The molecule has 0 unspecified atom stereocenters. The Morgan fingerprint density at radius 1 is 1.20 bits per heavy atom. The average Bonchev–Trinajstić information content (AvgIpc) is 2.90. The largest absolute Gasteiger partial charge is 0.480 e. The van der Waals surface area contributed by atoms with Crippen molar-refractivity contribution in [2.45, 2.75) is 40.2 Å². The van der Waals surface area contributed by atoms with E-state index >= 15 is 0 Å². The zero-order chi connectivity index (χ0) is 18.5. The van der Waals surface area contributed by atoms with Crippen molar-refractivity contribution in [1.82, 2.24) is 9.55 Å². The lowest BCUT2D eigenvalue weighted by Gasteiger charge is -2.24. The van der Waals surface area contributed by atoms with E-state index in [-0.39, 0.29) is 5.56 Å². The van der Waals surface area contributed by atoms with Crippen LogP contribution in [-0.2, 0) is 10.3 Å². The van der Waals surface area contributed by atoms with Crippen molar-refractivity contribution in [1.29, 1.82) is 0 Å². The molecule has 3 aromatic rings. The van der Waals surface area contributed by atoms with Gasteiger partial charge in [0.05, 0.1) is 5.39 Å². The maximum atomic E-state index is 13.2. The fourth-order valence-corrected chi connectivity index (χ4v) is 4.13. The van der Waals surface area contributed by atoms with Crippen LogP contribution in [-0.4, -0.2) is 20.6 Å². The summed E-state index contributed by atoms with van der Waals surface area (Å²) in [6.07, 6.45) is 0. The molecule has 130 valence electrons. The van der Waals surface area contributed by atoms with Gasteiger partial charge in [0, 0.05) is 10.9 Å². The first-order chi connectivity index (χ1) is 11.6. The monoisotopic (exact) mass is 356 g/mol. The van der Waals surface area contributed by atoms with E-state index in [9.17, 15) is 14.7 Å². The summed E-state index contributed by atoms with van der Waals surface area (Å²) in [5, 5.41) is 12.0. The van der Waals surface area contributed by atoms with Crippen molar-refractivity contribution < 1.29 is 9.90 Å². The number of benzene rings is 1. The van der Waals surface area contributed by atoms with E-state index < -0.39 is 11.5 Å². The standard InChI is InChI=1S/C19H20N2O3S/c1-10-6-7-13(11(2)8-10)14-9-25-16-15(14)17(22)21(12(3)20-16)19(4,5)18(23)24/h6-9H,1-5H3,(H,23,24). The highest BCUT2D eigenvalue weighted by Crippen LogP contribution is 2.34. The number of aliphatic carboxylic acids is 1. The first-order valence-electron chi connectivity index (χ1n) is 7.97. The van der Waals surface area contributed by atoms with Gasteiger partial charge in [0.15, 0.2) is 0 Å². The molecule has 0 saturated heterocycles. The lowest BCUT2D eigenvalue weighted by atomic mass is 9.99. The number of carboxylic acid groups (broad SMARTS) is 1. The van der Waals surface area contributed by atoms with Gasteiger partial charge in [-0.1, -0.05) is 23.8 Å². The quantitative estimate of drug-likeness (QED) is 0.773. The van der Waals surface area contributed by atoms with E-state index in [0.29, 0.717) is 16.0 Å². The summed E-state index contributed by atoms with van der Waals surface area (Å²) >= 11 is 1.41. The molecular weight excluding hydrogens is 336 g/mol. The zero-order valence-electron chi connectivity index (χ0n) is 14.9. The lowest BCUT2D eigenvalue weighted by Crippen LogP contribution is -2.44. The van der Waals surface area contributed by atoms with E-state index in [1.54, 1.807) is 6.92 Å². The topological polar surface area (TPSA) is 72.2 Å². The van der Waals surface area contributed by atoms with Crippen molar-refractivity contribution in [2.75, 3.05) is 0 Å². The highest BCUT2D eigenvalue weighted by molar-refractivity contribution is 7.17. The Bertz CT molecular complexity index is 1060. The third-order valence-electron chi connectivity index (χ3n) is 4.53. The summed E-state index contributed by atoms with van der Waals surface area (Å²) < 4.78 is 1.28. The van der Waals surface area contributed by atoms with Crippen LogP contribution >= 0.6 is 11.3 Å². The van der Waals surface area contributed by atoms with Gasteiger partial charge in [-0.15, -0.1) is 11.3 Å². The number of aryl methyl sites for hydroxylation is 3. The number of carbonyl (C=O) groups is 1. The molecule has 0 aliphatic heterocycles. The molecule has 0 atom stereocenters. The highest BCUT2D eigenvalue weighted by atomic mass is 32.1. The van der Waals surface area contributed by atoms with Gasteiger partial charge in [-0.05, 0) is 45.7 Å². The second-order valence-corrected chi connectivity index (χ2v) is 7.67. The molecule has 5 nitrogen and oxygen atoms in total. The summed E-state index contributed by atoms with van der Waals surface area (Å²) in [6, 6.07) is 6.07. The molecule has 2 aromatic heterocycles.